The highest BCUT2D eigenvalue weighted by molar-refractivity contribution is 5.97. The van der Waals surface area contributed by atoms with Crippen LogP contribution in [0.15, 0.2) is 109 Å². The van der Waals surface area contributed by atoms with Gasteiger partial charge in [0.1, 0.15) is 36.3 Å². The Morgan fingerprint density at radius 3 is 1.71 bits per heavy atom. The first kappa shape index (κ1) is 60.2. The van der Waals surface area contributed by atoms with Gasteiger partial charge in [0, 0.05) is 61.2 Å². The average molecular weight is 1080 g/mol. The molecule has 0 radical (unpaired) electrons. The van der Waals surface area contributed by atoms with Crippen molar-refractivity contribution >= 4 is 64.1 Å². The van der Waals surface area contributed by atoms with E-state index in [1.165, 1.54) is 12.5 Å². The lowest BCUT2D eigenvalue weighted by Crippen LogP contribution is -2.59. The fourth-order valence-corrected chi connectivity index (χ4v) is 8.56. The van der Waals surface area contributed by atoms with E-state index in [2.05, 4.69) is 57.2 Å². The Morgan fingerprint density at radius 1 is 0.590 bits per heavy atom. The maximum absolute atomic E-state index is 14.6. The van der Waals surface area contributed by atoms with Gasteiger partial charge in [-0.1, -0.05) is 92.7 Å². The summed E-state index contributed by atoms with van der Waals surface area (Å²) in [5.41, 5.74) is 32.2. The van der Waals surface area contributed by atoms with Gasteiger partial charge in [0.05, 0.1) is 18.9 Å². The second-order valence-electron chi connectivity index (χ2n) is 19.3. The molecule has 0 saturated carbocycles. The molecule has 0 unspecified atom stereocenters. The van der Waals surface area contributed by atoms with Crippen LogP contribution in [0.2, 0.25) is 0 Å². The third-order valence-corrected chi connectivity index (χ3v) is 12.8. The minimum atomic E-state index is -1.35. The number of hydrogen-bond donors (Lipinski definition) is 14. The SMILES string of the molecule is CC(C)[C@H](NC(=O)[C@H](Cc1ccccc1)NC(=O)[C@H](CCCCN)NC(=O)CNC(=O)[C@H](Cc1c[nH]c2ccccc12)NC(=O)[C@H](CCCN=C(N)N)NC(=O)[C@H](Cc1ccccc1)NC(=O)[C@@H](N)Cc1cnc[nH]1)C(N)=O. The summed E-state index contributed by atoms with van der Waals surface area (Å²) < 4.78 is 0. The third kappa shape index (κ3) is 19.5. The summed E-state index contributed by atoms with van der Waals surface area (Å²) >= 11 is 0. The number of carbonyl (C=O) groups is 8. The van der Waals surface area contributed by atoms with Crippen molar-refractivity contribution in [1.82, 2.24) is 52.2 Å². The average Bonchev–Trinajstić information content (AvgIpc) is 4.10. The first-order valence-corrected chi connectivity index (χ1v) is 25.9. The molecular formula is C54H74N16O8. The summed E-state index contributed by atoms with van der Waals surface area (Å²) in [5.74, 6) is -6.35. The lowest BCUT2D eigenvalue weighted by atomic mass is 10.0. The lowest BCUT2D eigenvalue weighted by Gasteiger charge is -2.26. The number of imidazole rings is 1. The number of fused-ring (bicyclic) bond motifs is 1. The molecule has 2 aromatic heterocycles. The van der Waals surface area contributed by atoms with Crippen molar-refractivity contribution in [2.24, 2.45) is 39.6 Å². The van der Waals surface area contributed by atoms with Crippen LogP contribution >= 0.6 is 0 Å². The number of para-hydroxylation sites is 1. The quantitative estimate of drug-likeness (QED) is 0.0138. The molecule has 2 heterocycles. The Bertz CT molecular complexity index is 2790. The van der Waals surface area contributed by atoms with Gasteiger partial charge < -0.3 is 75.9 Å². The molecule has 418 valence electrons. The van der Waals surface area contributed by atoms with E-state index in [0.29, 0.717) is 41.8 Å². The molecule has 0 spiro atoms. The van der Waals surface area contributed by atoms with Crippen molar-refractivity contribution in [2.75, 3.05) is 19.6 Å². The second kappa shape index (κ2) is 30.8. The van der Waals surface area contributed by atoms with E-state index < -0.39 is 96.1 Å². The van der Waals surface area contributed by atoms with Crippen LogP contribution in [0.1, 0.15) is 68.3 Å². The number of rotatable bonds is 32. The van der Waals surface area contributed by atoms with Crippen LogP contribution in [0, 0.1) is 5.92 Å². The molecule has 24 nitrogen and oxygen atoms in total. The minimum Gasteiger partial charge on any atom is -0.370 e. The van der Waals surface area contributed by atoms with Crippen LogP contribution in [0.25, 0.3) is 10.9 Å². The molecule has 5 rings (SSSR count). The van der Waals surface area contributed by atoms with Gasteiger partial charge in [0.15, 0.2) is 5.96 Å². The third-order valence-electron chi connectivity index (χ3n) is 12.8. The highest BCUT2D eigenvalue weighted by Crippen LogP contribution is 2.20. The Hall–Kier alpha value is -8.64. The molecule has 0 aliphatic heterocycles. The highest BCUT2D eigenvalue weighted by Gasteiger charge is 2.33. The van der Waals surface area contributed by atoms with E-state index in [1.54, 1.807) is 80.7 Å². The molecule has 0 saturated heterocycles. The van der Waals surface area contributed by atoms with E-state index in [4.69, 9.17) is 28.7 Å². The first-order chi connectivity index (χ1) is 37.4. The van der Waals surface area contributed by atoms with Crippen LogP contribution in [-0.4, -0.2) is 130 Å². The zero-order valence-electron chi connectivity index (χ0n) is 44.0. The number of amides is 8. The van der Waals surface area contributed by atoms with Gasteiger partial charge in [-0.2, -0.15) is 0 Å². The van der Waals surface area contributed by atoms with Gasteiger partial charge in [-0.25, -0.2) is 4.98 Å². The van der Waals surface area contributed by atoms with Crippen LogP contribution in [0.3, 0.4) is 0 Å². The largest absolute Gasteiger partial charge is 0.370 e. The summed E-state index contributed by atoms with van der Waals surface area (Å²) in [7, 11) is 0. The summed E-state index contributed by atoms with van der Waals surface area (Å²) in [5, 5.41) is 19.7. The van der Waals surface area contributed by atoms with Gasteiger partial charge in [0.25, 0.3) is 0 Å². The minimum absolute atomic E-state index is 0.0194. The van der Waals surface area contributed by atoms with Crippen molar-refractivity contribution in [3.05, 3.63) is 126 Å². The topological polar surface area (TPSA) is 408 Å². The number of hydrogen-bond acceptors (Lipinski definition) is 12. The molecule has 8 amide bonds. The zero-order chi connectivity index (χ0) is 56.6. The number of aromatic nitrogens is 3. The predicted octanol–water partition coefficient (Wildman–Crippen LogP) is -1.16. The Balaban J connectivity index is 1.36. The van der Waals surface area contributed by atoms with E-state index >= 15 is 0 Å². The Kier molecular flexibility index (Phi) is 23.8. The molecule has 7 atom stereocenters. The molecule has 24 heteroatoms. The molecule has 0 aliphatic carbocycles. The normalized spacial score (nSPS) is 13.8. The molecule has 0 bridgehead atoms. The van der Waals surface area contributed by atoms with Gasteiger partial charge >= 0.3 is 0 Å². The standard InChI is InChI=1S/C54H74N16O8/c1-32(2)46(47(57)72)70-53(78)43(25-34-16-7-4-8-17-34)68-50(75)40(20-11-12-22-55)65-45(71)30-63-49(74)44(26-35-28-62-39-19-10-9-18-37(35)39)69-51(76)41(21-13-23-61-54(58)59)66-52(77)42(24-33-14-5-3-6-15-33)67-48(73)38(56)27-36-29-60-31-64-36/h3-10,14-19,28-29,31-32,38,40-44,46,62H,11-13,20-27,30,55-56H2,1-2H3,(H2,57,72)(H,60,64)(H,63,74)(H,65,71)(H,66,77)(H,67,73)(H,68,75)(H,69,76)(H,70,78)(H4,58,59,61)/t38-,40-,41-,42-,43-,44-,46-/m0/s1. The van der Waals surface area contributed by atoms with E-state index in [1.807, 2.05) is 24.3 Å². The van der Waals surface area contributed by atoms with Crippen LogP contribution < -0.4 is 65.9 Å². The number of nitrogens with two attached hydrogens (primary N) is 5. The van der Waals surface area contributed by atoms with E-state index in [9.17, 15) is 38.4 Å². The van der Waals surface area contributed by atoms with Crippen LogP contribution in [-0.2, 0) is 64.0 Å². The molecule has 3 aromatic carbocycles. The molecule has 0 fully saturated rings. The van der Waals surface area contributed by atoms with Crippen molar-refractivity contribution < 1.29 is 38.4 Å². The Morgan fingerprint density at radius 2 is 1.13 bits per heavy atom. The number of nitrogens with one attached hydrogen (secondary N) is 9. The fraction of sp³-hybridized carbons (Fsp3) is 0.407. The highest BCUT2D eigenvalue weighted by atomic mass is 16.2. The molecule has 5 aromatic rings. The molecular weight excluding hydrogens is 1000 g/mol. The van der Waals surface area contributed by atoms with Crippen molar-refractivity contribution in [1.29, 1.82) is 0 Å². The monoisotopic (exact) mass is 1070 g/mol. The zero-order valence-corrected chi connectivity index (χ0v) is 44.0. The Labute approximate surface area is 452 Å². The second-order valence-corrected chi connectivity index (χ2v) is 19.3. The van der Waals surface area contributed by atoms with E-state index in [-0.39, 0.29) is 63.4 Å². The number of aromatic amines is 2. The number of benzene rings is 3. The van der Waals surface area contributed by atoms with Gasteiger partial charge in [0.2, 0.25) is 47.3 Å². The van der Waals surface area contributed by atoms with Crippen molar-refractivity contribution in [3.8, 4) is 0 Å². The molecule has 78 heavy (non-hydrogen) atoms. The number of primary amides is 1. The smallest absolute Gasteiger partial charge is 0.243 e. The van der Waals surface area contributed by atoms with E-state index in [0.717, 1.165) is 10.9 Å². The number of H-pyrrole nitrogens is 2. The van der Waals surface area contributed by atoms with Crippen molar-refractivity contribution in [3.63, 3.8) is 0 Å². The van der Waals surface area contributed by atoms with Crippen LogP contribution in [0.5, 0.6) is 0 Å². The fourth-order valence-electron chi connectivity index (χ4n) is 8.56. The maximum Gasteiger partial charge on any atom is 0.243 e. The number of carbonyl (C=O) groups excluding carboxylic acids is 8. The van der Waals surface area contributed by atoms with Crippen LogP contribution in [0.4, 0.5) is 0 Å². The lowest BCUT2D eigenvalue weighted by molar-refractivity contribution is -0.134. The number of unbranched alkanes of at least 4 members (excludes halogenated alkanes) is 1. The van der Waals surface area contributed by atoms with Gasteiger partial charge in [-0.3, -0.25) is 43.3 Å². The summed E-state index contributed by atoms with van der Waals surface area (Å²) in [6.45, 7) is 3.17. The van der Waals surface area contributed by atoms with Crippen molar-refractivity contribution in [2.45, 2.75) is 114 Å². The number of aliphatic imine (C=N–C) groups is 1. The number of nitrogens with zero attached hydrogens (tertiary/aromatic N) is 2. The summed E-state index contributed by atoms with van der Waals surface area (Å²) in [6, 6.07) is 16.8. The summed E-state index contributed by atoms with van der Waals surface area (Å²) in [4.78, 5) is 125. The van der Waals surface area contributed by atoms with Gasteiger partial charge in [-0.05, 0) is 67.3 Å². The molecule has 19 N–H and O–H groups in total. The summed E-state index contributed by atoms with van der Waals surface area (Å²) in [6.07, 6.45) is 5.97. The molecule has 0 aliphatic rings. The first-order valence-electron chi connectivity index (χ1n) is 25.9. The maximum atomic E-state index is 14.6. The predicted molar refractivity (Wildman–Crippen MR) is 294 cm³/mol. The number of guanidine groups is 1. The van der Waals surface area contributed by atoms with Gasteiger partial charge in [-0.15, -0.1) is 0 Å².